The largest absolute Gasteiger partial charge is 0.318 e. The molecule has 0 fully saturated rings. The van der Waals surface area contributed by atoms with Gasteiger partial charge in [0.15, 0.2) is 23.1 Å². The Bertz CT molecular complexity index is 985. The number of aromatic nitrogens is 2. The molecule has 0 unspecified atom stereocenters. The predicted octanol–water partition coefficient (Wildman–Crippen LogP) is 2.59. The van der Waals surface area contributed by atoms with Crippen LogP contribution in [0.1, 0.15) is 10.5 Å². The molecular weight excluding hydrogens is 311 g/mol. The zero-order valence-corrected chi connectivity index (χ0v) is 11.4. The molecule has 0 radical (unpaired) electrons. The first kappa shape index (κ1) is 14.8. The van der Waals surface area contributed by atoms with Crippen molar-refractivity contribution in [2.75, 3.05) is 5.32 Å². The van der Waals surface area contributed by atoms with Gasteiger partial charge in [0.05, 0.1) is 11.1 Å². The van der Waals surface area contributed by atoms with E-state index >= 15 is 0 Å². The maximum atomic E-state index is 13.6. The highest BCUT2D eigenvalue weighted by Crippen LogP contribution is 2.21. The van der Waals surface area contributed by atoms with E-state index in [2.05, 4.69) is 15.5 Å². The van der Waals surface area contributed by atoms with Crippen molar-refractivity contribution in [2.45, 2.75) is 0 Å². The molecule has 0 aliphatic heterocycles. The van der Waals surface area contributed by atoms with E-state index in [1.807, 2.05) is 0 Å². The zero-order chi connectivity index (χ0) is 16.6. The van der Waals surface area contributed by atoms with Crippen molar-refractivity contribution in [1.82, 2.24) is 10.2 Å². The minimum atomic E-state index is -1.69. The zero-order valence-electron chi connectivity index (χ0n) is 11.4. The van der Waals surface area contributed by atoms with Crippen LogP contribution in [0.3, 0.4) is 0 Å². The molecule has 0 saturated heterocycles. The second-order valence-corrected chi connectivity index (χ2v) is 4.62. The lowest BCUT2D eigenvalue weighted by Crippen LogP contribution is -2.20. The third-order valence-electron chi connectivity index (χ3n) is 3.19. The maximum absolute atomic E-state index is 13.6. The van der Waals surface area contributed by atoms with Crippen LogP contribution in [-0.4, -0.2) is 16.1 Å². The highest BCUT2D eigenvalue weighted by Gasteiger charge is 2.18. The Labute approximate surface area is 126 Å². The van der Waals surface area contributed by atoms with Gasteiger partial charge in [0.1, 0.15) is 0 Å². The number of amides is 1. The summed E-state index contributed by atoms with van der Waals surface area (Å²) in [4.78, 5) is 23.9. The quantitative estimate of drug-likeness (QED) is 0.713. The summed E-state index contributed by atoms with van der Waals surface area (Å²) in [5, 5.41) is 8.35. The van der Waals surface area contributed by atoms with Crippen LogP contribution in [0.25, 0.3) is 10.8 Å². The minimum absolute atomic E-state index is 0.177. The van der Waals surface area contributed by atoms with E-state index in [0.717, 1.165) is 6.07 Å². The van der Waals surface area contributed by atoms with Gasteiger partial charge >= 0.3 is 0 Å². The summed E-state index contributed by atoms with van der Waals surface area (Å²) in [7, 11) is 0. The van der Waals surface area contributed by atoms with Gasteiger partial charge in [0.25, 0.3) is 11.5 Å². The predicted molar refractivity (Wildman–Crippen MR) is 76.6 cm³/mol. The molecule has 116 valence electrons. The molecular formula is C15H8F3N3O2. The van der Waals surface area contributed by atoms with E-state index in [4.69, 9.17) is 0 Å². The Morgan fingerprint density at radius 1 is 1.00 bits per heavy atom. The number of aromatic amines is 1. The van der Waals surface area contributed by atoms with Gasteiger partial charge in [-0.05, 0) is 18.2 Å². The minimum Gasteiger partial charge on any atom is -0.318 e. The van der Waals surface area contributed by atoms with Crippen molar-refractivity contribution in [3.05, 3.63) is 69.9 Å². The second kappa shape index (κ2) is 5.56. The van der Waals surface area contributed by atoms with Crippen molar-refractivity contribution >= 4 is 22.4 Å². The van der Waals surface area contributed by atoms with Gasteiger partial charge in [-0.1, -0.05) is 18.2 Å². The molecule has 2 N–H and O–H groups in total. The van der Waals surface area contributed by atoms with Crippen LogP contribution in [0.15, 0.2) is 41.2 Å². The monoisotopic (exact) mass is 319 g/mol. The van der Waals surface area contributed by atoms with Crippen LogP contribution in [0.5, 0.6) is 0 Å². The van der Waals surface area contributed by atoms with Gasteiger partial charge in [-0.3, -0.25) is 9.59 Å². The third-order valence-corrected chi connectivity index (χ3v) is 3.19. The van der Waals surface area contributed by atoms with E-state index in [1.54, 1.807) is 12.1 Å². The number of benzene rings is 2. The number of fused-ring (bicyclic) bond motifs is 1. The normalized spacial score (nSPS) is 10.7. The van der Waals surface area contributed by atoms with Crippen LogP contribution in [0.2, 0.25) is 0 Å². The topological polar surface area (TPSA) is 74.8 Å². The van der Waals surface area contributed by atoms with E-state index in [9.17, 15) is 22.8 Å². The van der Waals surface area contributed by atoms with Crippen molar-refractivity contribution in [3.8, 4) is 0 Å². The second-order valence-electron chi connectivity index (χ2n) is 4.62. The molecule has 3 aromatic rings. The lowest BCUT2D eigenvalue weighted by molar-refractivity contribution is 0.102. The Hall–Kier alpha value is -3.16. The molecule has 23 heavy (non-hydrogen) atoms. The molecule has 2 aromatic carbocycles. The summed E-state index contributed by atoms with van der Waals surface area (Å²) in [6, 6.07) is 7.76. The Balaban J connectivity index is 2.04. The number of halogens is 3. The van der Waals surface area contributed by atoms with Gasteiger partial charge in [-0.2, -0.15) is 5.10 Å². The Morgan fingerprint density at radius 2 is 1.70 bits per heavy atom. The maximum Gasteiger partial charge on any atom is 0.276 e. The standard InChI is InChI=1S/C15H8F3N3O2/c16-9-5-6-10(12(18)11(9)17)19-15(23)13-7-3-1-2-4-8(7)14(22)21-20-13/h1-6H,(H,19,23)(H,21,22). The molecule has 0 spiro atoms. The molecule has 3 rings (SSSR count). The number of anilines is 1. The molecule has 0 aliphatic rings. The summed E-state index contributed by atoms with van der Waals surface area (Å²) in [6.45, 7) is 0. The van der Waals surface area contributed by atoms with Crippen molar-refractivity contribution < 1.29 is 18.0 Å². The van der Waals surface area contributed by atoms with E-state index in [-0.39, 0.29) is 16.5 Å². The number of hydrogen-bond acceptors (Lipinski definition) is 3. The van der Waals surface area contributed by atoms with E-state index in [0.29, 0.717) is 6.07 Å². The summed E-state index contributed by atoms with van der Waals surface area (Å²) in [5.41, 5.74) is -1.20. The molecule has 0 atom stereocenters. The number of H-pyrrole nitrogens is 1. The van der Waals surface area contributed by atoms with Crippen molar-refractivity contribution in [2.24, 2.45) is 0 Å². The van der Waals surface area contributed by atoms with E-state index in [1.165, 1.54) is 12.1 Å². The third kappa shape index (κ3) is 2.54. The highest BCUT2D eigenvalue weighted by atomic mass is 19.2. The first-order valence-electron chi connectivity index (χ1n) is 6.41. The fourth-order valence-corrected chi connectivity index (χ4v) is 2.09. The van der Waals surface area contributed by atoms with Crippen LogP contribution >= 0.6 is 0 Å². The van der Waals surface area contributed by atoms with Gasteiger partial charge in [0, 0.05) is 5.39 Å². The van der Waals surface area contributed by atoms with Crippen molar-refractivity contribution in [3.63, 3.8) is 0 Å². The molecule has 1 aromatic heterocycles. The fraction of sp³-hybridized carbons (Fsp3) is 0. The average molecular weight is 319 g/mol. The fourth-order valence-electron chi connectivity index (χ4n) is 2.09. The molecule has 8 heteroatoms. The summed E-state index contributed by atoms with van der Waals surface area (Å²) >= 11 is 0. The lowest BCUT2D eigenvalue weighted by atomic mass is 10.1. The number of rotatable bonds is 2. The number of carbonyl (C=O) groups excluding carboxylic acids is 1. The van der Waals surface area contributed by atoms with Crippen molar-refractivity contribution in [1.29, 1.82) is 0 Å². The molecule has 5 nitrogen and oxygen atoms in total. The summed E-state index contributed by atoms with van der Waals surface area (Å²) in [5.74, 6) is -5.45. The number of carbonyl (C=O) groups is 1. The van der Waals surface area contributed by atoms with Crippen LogP contribution < -0.4 is 10.9 Å². The Morgan fingerprint density at radius 3 is 2.43 bits per heavy atom. The first-order chi connectivity index (χ1) is 11.0. The van der Waals surface area contributed by atoms with E-state index < -0.39 is 34.6 Å². The van der Waals surface area contributed by atoms with Gasteiger partial charge < -0.3 is 5.32 Å². The first-order valence-corrected chi connectivity index (χ1v) is 6.41. The number of nitrogens with zero attached hydrogens (tertiary/aromatic N) is 1. The van der Waals surface area contributed by atoms with Crippen LogP contribution in [-0.2, 0) is 0 Å². The Kier molecular flexibility index (Phi) is 3.57. The number of hydrogen-bond donors (Lipinski definition) is 2. The smallest absolute Gasteiger partial charge is 0.276 e. The summed E-state index contributed by atoms with van der Waals surface area (Å²) in [6.07, 6.45) is 0. The van der Waals surface area contributed by atoms with Crippen LogP contribution in [0, 0.1) is 17.5 Å². The highest BCUT2D eigenvalue weighted by molar-refractivity contribution is 6.11. The summed E-state index contributed by atoms with van der Waals surface area (Å²) < 4.78 is 39.7. The number of nitrogens with one attached hydrogen (secondary N) is 2. The molecule has 1 amide bonds. The van der Waals surface area contributed by atoms with Gasteiger partial charge in [0.2, 0.25) is 0 Å². The molecule has 0 bridgehead atoms. The lowest BCUT2D eigenvalue weighted by Gasteiger charge is -2.08. The average Bonchev–Trinajstić information content (AvgIpc) is 2.56. The van der Waals surface area contributed by atoms with Gasteiger partial charge in [-0.25, -0.2) is 18.3 Å². The molecule has 0 aliphatic carbocycles. The molecule has 1 heterocycles. The van der Waals surface area contributed by atoms with Gasteiger partial charge in [-0.15, -0.1) is 0 Å². The SMILES string of the molecule is O=C(Nc1ccc(F)c(F)c1F)c1n[nH]c(=O)c2ccccc12. The molecule has 0 saturated carbocycles. The van der Waals surface area contributed by atoms with Crippen LogP contribution in [0.4, 0.5) is 18.9 Å².